The molecule has 7 heteroatoms. The second-order valence-corrected chi connectivity index (χ2v) is 7.22. The van der Waals surface area contributed by atoms with Gasteiger partial charge in [-0.3, -0.25) is 9.59 Å². The van der Waals surface area contributed by atoms with Crippen molar-refractivity contribution < 1.29 is 23.5 Å². The summed E-state index contributed by atoms with van der Waals surface area (Å²) in [7, 11) is 0. The molecular formula is C24H22N2O5. The molecule has 0 unspecified atom stereocenters. The minimum absolute atomic E-state index is 0.0932. The van der Waals surface area contributed by atoms with Gasteiger partial charge in [0, 0.05) is 18.7 Å². The molecule has 2 amide bonds. The summed E-state index contributed by atoms with van der Waals surface area (Å²) in [6.45, 7) is 0.160. The fraction of sp³-hybridized carbons (Fsp3) is 0.208. The van der Waals surface area contributed by atoms with Gasteiger partial charge in [-0.25, -0.2) is 4.79 Å². The lowest BCUT2D eigenvalue weighted by Gasteiger charge is -2.20. The lowest BCUT2D eigenvalue weighted by Crippen LogP contribution is -2.44. The van der Waals surface area contributed by atoms with E-state index >= 15 is 0 Å². The maximum absolute atomic E-state index is 12.8. The summed E-state index contributed by atoms with van der Waals surface area (Å²) in [6.07, 6.45) is 2.38. The van der Waals surface area contributed by atoms with Gasteiger partial charge in [0.25, 0.3) is 11.8 Å². The van der Waals surface area contributed by atoms with E-state index in [0.29, 0.717) is 6.54 Å². The molecule has 0 aliphatic carbocycles. The first kappa shape index (κ1) is 20.4. The number of fused-ring (bicyclic) bond motifs is 1. The first-order valence-electron chi connectivity index (χ1n) is 10.0. The van der Waals surface area contributed by atoms with Crippen LogP contribution in [0, 0.1) is 0 Å². The number of furan rings is 1. The summed E-state index contributed by atoms with van der Waals surface area (Å²) >= 11 is 0. The third kappa shape index (κ3) is 4.83. The monoisotopic (exact) mass is 418 g/mol. The summed E-state index contributed by atoms with van der Waals surface area (Å²) in [5.41, 5.74) is 2.79. The molecule has 4 rings (SSSR count). The van der Waals surface area contributed by atoms with Crippen LogP contribution in [0.3, 0.4) is 0 Å². The van der Waals surface area contributed by atoms with Gasteiger partial charge < -0.3 is 19.4 Å². The lowest BCUT2D eigenvalue weighted by molar-refractivity contribution is -0.149. The number of rotatable bonds is 7. The predicted octanol–water partition coefficient (Wildman–Crippen LogP) is 2.75. The molecule has 2 heterocycles. The largest absolute Gasteiger partial charge is 0.459 e. The molecule has 1 atom stereocenters. The van der Waals surface area contributed by atoms with Crippen LogP contribution < -0.4 is 10.2 Å². The van der Waals surface area contributed by atoms with Gasteiger partial charge in [0.15, 0.2) is 12.4 Å². The van der Waals surface area contributed by atoms with Gasteiger partial charge in [-0.15, -0.1) is 0 Å². The van der Waals surface area contributed by atoms with Crippen LogP contribution in [0.5, 0.6) is 0 Å². The smallest absolute Gasteiger partial charge is 0.329 e. The number of esters is 1. The van der Waals surface area contributed by atoms with Gasteiger partial charge in [-0.1, -0.05) is 48.5 Å². The quantitative estimate of drug-likeness (QED) is 0.596. The van der Waals surface area contributed by atoms with Crippen LogP contribution in [0.1, 0.15) is 21.7 Å². The Hall–Kier alpha value is -3.87. The maximum atomic E-state index is 12.8. The third-order valence-corrected chi connectivity index (χ3v) is 5.14. The Labute approximate surface area is 179 Å². The first-order chi connectivity index (χ1) is 15.1. The van der Waals surface area contributed by atoms with E-state index in [0.717, 1.165) is 23.2 Å². The van der Waals surface area contributed by atoms with Crippen molar-refractivity contribution in [1.29, 1.82) is 0 Å². The van der Waals surface area contributed by atoms with E-state index in [9.17, 15) is 14.4 Å². The normalized spacial score (nSPS) is 13.4. The number of amides is 2. The average molecular weight is 418 g/mol. The summed E-state index contributed by atoms with van der Waals surface area (Å²) in [5, 5.41) is 2.64. The summed E-state index contributed by atoms with van der Waals surface area (Å²) in [5.74, 6) is -1.41. The molecule has 0 saturated carbocycles. The summed E-state index contributed by atoms with van der Waals surface area (Å²) in [4.78, 5) is 39.5. The molecular weight excluding hydrogens is 396 g/mol. The number of ether oxygens (including phenoxy) is 1. The minimum Gasteiger partial charge on any atom is -0.459 e. The van der Waals surface area contributed by atoms with E-state index in [4.69, 9.17) is 9.15 Å². The van der Waals surface area contributed by atoms with Crippen LogP contribution in [0.15, 0.2) is 77.4 Å². The summed E-state index contributed by atoms with van der Waals surface area (Å²) in [6, 6.07) is 19.1. The predicted molar refractivity (Wildman–Crippen MR) is 114 cm³/mol. The zero-order valence-electron chi connectivity index (χ0n) is 16.8. The molecule has 0 bridgehead atoms. The van der Waals surface area contributed by atoms with Crippen molar-refractivity contribution >= 4 is 23.5 Å². The molecule has 1 aromatic heterocycles. The first-order valence-corrected chi connectivity index (χ1v) is 10.0. The standard InChI is InChI=1S/C24H22N2O5/c27-22(26-13-12-18-9-4-5-10-20(18)26)16-31-24(29)19(15-17-7-2-1-3-8-17)25-23(28)21-11-6-14-30-21/h1-11,14,19H,12-13,15-16H2,(H,25,28)/t19-/m1/s1. The van der Waals surface area contributed by atoms with Gasteiger partial charge in [-0.2, -0.15) is 0 Å². The van der Waals surface area contributed by atoms with Gasteiger partial charge in [0.05, 0.1) is 6.26 Å². The molecule has 31 heavy (non-hydrogen) atoms. The number of anilines is 1. The topological polar surface area (TPSA) is 88.8 Å². The van der Waals surface area contributed by atoms with Crippen molar-refractivity contribution in [2.45, 2.75) is 18.9 Å². The SMILES string of the molecule is O=C(N[C@H](Cc1ccccc1)C(=O)OCC(=O)N1CCc2ccccc21)c1ccco1. The highest BCUT2D eigenvalue weighted by atomic mass is 16.5. The van der Waals surface area contributed by atoms with Crippen LogP contribution in [0.2, 0.25) is 0 Å². The molecule has 158 valence electrons. The highest BCUT2D eigenvalue weighted by molar-refractivity contribution is 5.98. The van der Waals surface area contributed by atoms with Crippen molar-refractivity contribution in [2.75, 3.05) is 18.1 Å². The Morgan fingerprint density at radius 1 is 1.00 bits per heavy atom. The second-order valence-electron chi connectivity index (χ2n) is 7.22. The lowest BCUT2D eigenvalue weighted by atomic mass is 10.1. The molecule has 0 spiro atoms. The van der Waals surface area contributed by atoms with E-state index in [2.05, 4.69) is 5.32 Å². The number of carbonyl (C=O) groups is 3. The number of benzene rings is 2. The molecule has 1 N–H and O–H groups in total. The Morgan fingerprint density at radius 2 is 1.77 bits per heavy atom. The Kier molecular flexibility index (Phi) is 6.12. The molecule has 1 aliphatic heterocycles. The molecule has 7 nitrogen and oxygen atoms in total. The molecule has 0 fully saturated rings. The molecule has 1 aliphatic rings. The van der Waals surface area contributed by atoms with Crippen molar-refractivity contribution in [2.24, 2.45) is 0 Å². The van der Waals surface area contributed by atoms with Gasteiger partial charge in [-0.05, 0) is 35.7 Å². The van der Waals surface area contributed by atoms with Gasteiger partial charge in [0.2, 0.25) is 0 Å². The zero-order valence-corrected chi connectivity index (χ0v) is 16.8. The highest BCUT2D eigenvalue weighted by Crippen LogP contribution is 2.27. The fourth-order valence-corrected chi connectivity index (χ4v) is 3.59. The number of nitrogens with one attached hydrogen (secondary N) is 1. The molecule has 0 radical (unpaired) electrons. The summed E-state index contributed by atoms with van der Waals surface area (Å²) < 4.78 is 10.4. The second kappa shape index (κ2) is 9.30. The number of para-hydroxylation sites is 1. The molecule has 0 saturated heterocycles. The van der Waals surface area contributed by atoms with Crippen LogP contribution in [-0.2, 0) is 27.2 Å². The Balaban J connectivity index is 1.41. The van der Waals surface area contributed by atoms with E-state index < -0.39 is 24.5 Å². The van der Waals surface area contributed by atoms with E-state index in [1.54, 1.807) is 11.0 Å². The van der Waals surface area contributed by atoms with Crippen LogP contribution in [0.25, 0.3) is 0 Å². The van der Waals surface area contributed by atoms with Crippen LogP contribution in [0.4, 0.5) is 5.69 Å². The highest BCUT2D eigenvalue weighted by Gasteiger charge is 2.28. The maximum Gasteiger partial charge on any atom is 0.329 e. The van der Waals surface area contributed by atoms with E-state index in [1.807, 2.05) is 54.6 Å². The number of nitrogens with zero attached hydrogens (tertiary/aromatic N) is 1. The van der Waals surface area contributed by atoms with Gasteiger partial charge >= 0.3 is 5.97 Å². The number of carbonyl (C=O) groups excluding carboxylic acids is 3. The number of hydrogen-bond acceptors (Lipinski definition) is 5. The van der Waals surface area contributed by atoms with Crippen molar-refractivity contribution in [1.82, 2.24) is 5.32 Å². The zero-order chi connectivity index (χ0) is 21.6. The van der Waals surface area contributed by atoms with Crippen molar-refractivity contribution in [3.05, 3.63) is 89.9 Å². The Bertz CT molecular complexity index is 1060. The van der Waals surface area contributed by atoms with E-state index in [-0.39, 0.29) is 18.1 Å². The fourth-order valence-electron chi connectivity index (χ4n) is 3.59. The van der Waals surface area contributed by atoms with Crippen molar-refractivity contribution in [3.63, 3.8) is 0 Å². The number of hydrogen-bond donors (Lipinski definition) is 1. The molecule has 3 aromatic rings. The van der Waals surface area contributed by atoms with Gasteiger partial charge in [0.1, 0.15) is 6.04 Å². The minimum atomic E-state index is -0.960. The van der Waals surface area contributed by atoms with Crippen molar-refractivity contribution in [3.8, 4) is 0 Å². The van der Waals surface area contributed by atoms with Crippen LogP contribution in [-0.4, -0.2) is 37.0 Å². The average Bonchev–Trinajstić information content (AvgIpc) is 3.48. The Morgan fingerprint density at radius 3 is 2.55 bits per heavy atom. The van der Waals surface area contributed by atoms with E-state index in [1.165, 1.54) is 12.3 Å². The molecule has 2 aromatic carbocycles. The third-order valence-electron chi connectivity index (χ3n) is 5.14. The van der Waals surface area contributed by atoms with Crippen LogP contribution >= 0.6 is 0 Å².